The molecule has 0 atom stereocenters. The molecule has 1 heteroatoms. The largest absolute Gasteiger partial charge is 0.381 e. The zero-order chi connectivity index (χ0) is 10.2. The molecule has 0 spiro atoms. The molecule has 0 amide bonds. The molecule has 0 radical (unpaired) electrons. The van der Waals surface area contributed by atoms with Crippen molar-refractivity contribution in [3.05, 3.63) is 0 Å². The van der Waals surface area contributed by atoms with Crippen LogP contribution in [0.2, 0.25) is 0 Å². The highest BCUT2D eigenvalue weighted by atomic mass is 16.5. The topological polar surface area (TPSA) is 9.23 Å². The van der Waals surface area contributed by atoms with Crippen molar-refractivity contribution in [1.82, 2.24) is 0 Å². The second kappa shape index (κ2) is 7.28. The van der Waals surface area contributed by atoms with E-state index in [9.17, 15) is 0 Å². The first-order valence-electron chi connectivity index (χ1n) is 6.37. The van der Waals surface area contributed by atoms with Gasteiger partial charge in [-0.05, 0) is 24.7 Å². The summed E-state index contributed by atoms with van der Waals surface area (Å²) in [7, 11) is 0. The third-order valence-electron chi connectivity index (χ3n) is 3.40. The number of ether oxygens (including phenoxy) is 1. The van der Waals surface area contributed by atoms with E-state index in [0.29, 0.717) is 0 Å². The molecule has 2 rings (SSSR count). The lowest BCUT2D eigenvalue weighted by Gasteiger charge is -2.16. The van der Waals surface area contributed by atoms with Crippen molar-refractivity contribution in [3.8, 4) is 0 Å². The van der Waals surface area contributed by atoms with Crippen LogP contribution >= 0.6 is 0 Å². The van der Waals surface area contributed by atoms with Crippen molar-refractivity contribution in [2.24, 2.45) is 11.8 Å². The van der Waals surface area contributed by atoms with E-state index in [4.69, 9.17) is 4.74 Å². The quantitative estimate of drug-likeness (QED) is 0.571. The minimum Gasteiger partial charge on any atom is -0.381 e. The Kier molecular flexibility index (Phi) is 6.25. The molecule has 2 fully saturated rings. The van der Waals surface area contributed by atoms with Gasteiger partial charge in [0, 0.05) is 13.2 Å². The third kappa shape index (κ3) is 5.64. The molecule has 2 aliphatic rings. The number of rotatable bonds is 0. The summed E-state index contributed by atoms with van der Waals surface area (Å²) in [5.41, 5.74) is 0. The minimum atomic E-state index is 0.911. The van der Waals surface area contributed by atoms with Crippen molar-refractivity contribution in [2.45, 2.75) is 58.8 Å². The molecule has 1 aliphatic carbocycles. The van der Waals surface area contributed by atoms with Crippen LogP contribution in [0.15, 0.2) is 0 Å². The standard InChI is InChI=1S/C7H14.C6H12O/c1-7-5-3-2-4-6-7;1-6-2-4-7-5-3-6/h7H,2-6H2,1H3;6H,2-5H2,1H3. The highest BCUT2D eigenvalue weighted by Gasteiger charge is 2.06. The maximum absolute atomic E-state index is 5.14. The van der Waals surface area contributed by atoms with Crippen molar-refractivity contribution >= 4 is 0 Å². The fraction of sp³-hybridized carbons (Fsp3) is 1.00. The Balaban J connectivity index is 0.000000140. The third-order valence-corrected chi connectivity index (χ3v) is 3.40. The van der Waals surface area contributed by atoms with Gasteiger partial charge < -0.3 is 4.74 Å². The molecule has 84 valence electrons. The average molecular weight is 198 g/mol. The van der Waals surface area contributed by atoms with Crippen LogP contribution in [0.3, 0.4) is 0 Å². The smallest absolute Gasteiger partial charge is 0.0468 e. The van der Waals surface area contributed by atoms with E-state index in [2.05, 4.69) is 13.8 Å². The Labute approximate surface area is 89.2 Å². The molecule has 0 N–H and O–H groups in total. The molecule has 14 heavy (non-hydrogen) atoms. The van der Waals surface area contributed by atoms with Gasteiger partial charge >= 0.3 is 0 Å². The zero-order valence-corrected chi connectivity index (χ0v) is 9.93. The van der Waals surface area contributed by atoms with Crippen molar-refractivity contribution < 1.29 is 4.74 Å². The molecule has 1 aliphatic heterocycles. The van der Waals surface area contributed by atoms with E-state index in [1.165, 1.54) is 44.9 Å². The molecule has 1 heterocycles. The molecule has 0 unspecified atom stereocenters. The summed E-state index contributed by atoms with van der Waals surface area (Å²) in [4.78, 5) is 0. The summed E-state index contributed by atoms with van der Waals surface area (Å²) in [5, 5.41) is 0. The van der Waals surface area contributed by atoms with Crippen LogP contribution in [-0.2, 0) is 4.74 Å². The fourth-order valence-corrected chi connectivity index (χ4v) is 2.12. The van der Waals surface area contributed by atoms with E-state index in [0.717, 1.165) is 25.0 Å². The van der Waals surface area contributed by atoms with Crippen molar-refractivity contribution in [3.63, 3.8) is 0 Å². The Bertz CT molecular complexity index is 105. The Morgan fingerprint density at radius 1 is 0.714 bits per heavy atom. The van der Waals surface area contributed by atoms with Gasteiger partial charge in [-0.15, -0.1) is 0 Å². The number of hydrogen-bond donors (Lipinski definition) is 0. The molecule has 0 aromatic carbocycles. The zero-order valence-electron chi connectivity index (χ0n) is 9.93. The molecule has 0 aromatic heterocycles. The van der Waals surface area contributed by atoms with Crippen LogP contribution in [0.25, 0.3) is 0 Å². The minimum absolute atomic E-state index is 0.911. The van der Waals surface area contributed by atoms with Crippen LogP contribution in [0.1, 0.15) is 58.8 Å². The van der Waals surface area contributed by atoms with Gasteiger partial charge in [0.25, 0.3) is 0 Å². The van der Waals surface area contributed by atoms with Gasteiger partial charge in [-0.2, -0.15) is 0 Å². The van der Waals surface area contributed by atoms with Crippen LogP contribution in [0.5, 0.6) is 0 Å². The van der Waals surface area contributed by atoms with Gasteiger partial charge in [0.05, 0.1) is 0 Å². The summed E-state index contributed by atoms with van der Waals surface area (Å²) >= 11 is 0. The Morgan fingerprint density at radius 3 is 1.50 bits per heavy atom. The van der Waals surface area contributed by atoms with E-state index in [1.807, 2.05) is 0 Å². The van der Waals surface area contributed by atoms with Crippen LogP contribution in [0.4, 0.5) is 0 Å². The first kappa shape index (κ1) is 12.0. The van der Waals surface area contributed by atoms with Crippen LogP contribution < -0.4 is 0 Å². The Hall–Kier alpha value is -0.0400. The van der Waals surface area contributed by atoms with E-state index in [-0.39, 0.29) is 0 Å². The maximum Gasteiger partial charge on any atom is 0.0468 e. The lowest BCUT2D eigenvalue weighted by atomic mass is 9.91. The summed E-state index contributed by atoms with van der Waals surface area (Å²) in [6.45, 7) is 6.62. The average Bonchev–Trinajstić information content (AvgIpc) is 2.21. The second-order valence-corrected chi connectivity index (χ2v) is 5.04. The highest BCUT2D eigenvalue weighted by molar-refractivity contribution is 4.59. The van der Waals surface area contributed by atoms with Gasteiger partial charge in [0.1, 0.15) is 0 Å². The predicted octanol–water partition coefficient (Wildman–Crippen LogP) is 4.02. The van der Waals surface area contributed by atoms with E-state index in [1.54, 1.807) is 0 Å². The molecule has 1 saturated heterocycles. The second-order valence-electron chi connectivity index (χ2n) is 5.04. The molecular weight excluding hydrogens is 172 g/mol. The first-order chi connectivity index (χ1) is 6.79. The van der Waals surface area contributed by atoms with Gasteiger partial charge in [-0.3, -0.25) is 0 Å². The lowest BCUT2D eigenvalue weighted by molar-refractivity contribution is 0.0716. The summed E-state index contributed by atoms with van der Waals surface area (Å²) < 4.78 is 5.14. The normalized spacial score (nSPS) is 25.3. The molecule has 1 nitrogen and oxygen atoms in total. The van der Waals surface area contributed by atoms with Crippen LogP contribution in [0, 0.1) is 11.8 Å². The van der Waals surface area contributed by atoms with Gasteiger partial charge in [-0.25, -0.2) is 0 Å². The van der Waals surface area contributed by atoms with Crippen LogP contribution in [-0.4, -0.2) is 13.2 Å². The van der Waals surface area contributed by atoms with Gasteiger partial charge in [0.15, 0.2) is 0 Å². The lowest BCUT2D eigenvalue weighted by Crippen LogP contribution is -2.12. The number of hydrogen-bond acceptors (Lipinski definition) is 1. The maximum atomic E-state index is 5.14. The van der Waals surface area contributed by atoms with E-state index < -0.39 is 0 Å². The summed E-state index contributed by atoms with van der Waals surface area (Å²) in [5.74, 6) is 1.95. The van der Waals surface area contributed by atoms with Crippen molar-refractivity contribution in [2.75, 3.05) is 13.2 Å². The Morgan fingerprint density at radius 2 is 1.21 bits per heavy atom. The molecular formula is C13H26O. The van der Waals surface area contributed by atoms with Gasteiger partial charge in [0.2, 0.25) is 0 Å². The SMILES string of the molecule is CC1CCCCC1.CC1CCOCC1. The molecule has 0 bridgehead atoms. The van der Waals surface area contributed by atoms with Crippen molar-refractivity contribution in [1.29, 1.82) is 0 Å². The predicted molar refractivity (Wildman–Crippen MR) is 61.5 cm³/mol. The molecule has 1 saturated carbocycles. The fourth-order valence-electron chi connectivity index (χ4n) is 2.12. The summed E-state index contributed by atoms with van der Waals surface area (Å²) in [6.07, 6.45) is 9.96. The monoisotopic (exact) mass is 198 g/mol. The van der Waals surface area contributed by atoms with Gasteiger partial charge in [-0.1, -0.05) is 46.0 Å². The van der Waals surface area contributed by atoms with E-state index >= 15 is 0 Å². The molecule has 0 aromatic rings. The first-order valence-corrected chi connectivity index (χ1v) is 6.37. The summed E-state index contributed by atoms with van der Waals surface area (Å²) in [6, 6.07) is 0. The highest BCUT2D eigenvalue weighted by Crippen LogP contribution is 2.22.